The van der Waals surface area contributed by atoms with Gasteiger partial charge in [-0.1, -0.05) is 98.3 Å². The van der Waals surface area contributed by atoms with E-state index in [2.05, 4.69) is 49.5 Å². The second-order valence-electron chi connectivity index (χ2n) is 11.4. The molecule has 2 amide bonds. The Hall–Kier alpha value is -3.40. The van der Waals surface area contributed by atoms with Gasteiger partial charge >= 0.3 is 0 Å². The topological polar surface area (TPSA) is 49.4 Å². The highest BCUT2D eigenvalue weighted by molar-refractivity contribution is 5.88. The molecule has 0 fully saturated rings. The van der Waals surface area contributed by atoms with Crippen LogP contribution >= 0.6 is 0 Å². The van der Waals surface area contributed by atoms with Gasteiger partial charge in [-0.15, -0.1) is 0 Å². The number of nitrogens with zero attached hydrogens (tertiary/aromatic N) is 1. The van der Waals surface area contributed by atoms with Crippen LogP contribution in [-0.4, -0.2) is 28.3 Å². The monoisotopic (exact) mass is 498 g/mol. The summed E-state index contributed by atoms with van der Waals surface area (Å²) in [5.41, 5.74) is 5.21. The third kappa shape index (κ3) is 8.89. The first kappa shape index (κ1) is 28.2. The van der Waals surface area contributed by atoms with Crippen molar-refractivity contribution in [3.05, 3.63) is 107 Å². The second kappa shape index (κ2) is 12.7. The lowest BCUT2D eigenvalue weighted by Crippen LogP contribution is -2.54. The summed E-state index contributed by atoms with van der Waals surface area (Å²) in [7, 11) is 0. The molecule has 1 atom stereocenters. The predicted molar refractivity (Wildman–Crippen MR) is 152 cm³/mol. The fourth-order valence-corrected chi connectivity index (χ4v) is 4.48. The fourth-order valence-electron chi connectivity index (χ4n) is 4.48. The normalized spacial score (nSPS) is 12.3. The van der Waals surface area contributed by atoms with Crippen LogP contribution in [-0.2, 0) is 29.0 Å². The summed E-state index contributed by atoms with van der Waals surface area (Å²) in [6.45, 7) is 12.7. The molecule has 37 heavy (non-hydrogen) atoms. The number of nitrogens with one attached hydrogen (secondary N) is 1. The number of benzene rings is 3. The Morgan fingerprint density at radius 1 is 0.838 bits per heavy atom. The third-order valence-electron chi connectivity index (χ3n) is 6.48. The Morgan fingerprint density at radius 3 is 2.08 bits per heavy atom. The number of aryl methyl sites for hydroxylation is 2. The molecule has 3 aromatic carbocycles. The minimum Gasteiger partial charge on any atom is -0.350 e. The lowest BCUT2D eigenvalue weighted by atomic mass is 9.98. The zero-order valence-electron chi connectivity index (χ0n) is 23.3. The highest BCUT2D eigenvalue weighted by atomic mass is 16.2. The Morgan fingerprint density at radius 2 is 1.49 bits per heavy atom. The van der Waals surface area contributed by atoms with Gasteiger partial charge in [-0.25, -0.2) is 0 Å². The molecule has 0 heterocycles. The van der Waals surface area contributed by atoms with Crippen LogP contribution < -0.4 is 5.32 Å². The maximum Gasteiger partial charge on any atom is 0.243 e. The maximum absolute atomic E-state index is 13.8. The van der Waals surface area contributed by atoms with Gasteiger partial charge in [-0.05, 0) is 62.3 Å². The minimum absolute atomic E-state index is 0.0144. The van der Waals surface area contributed by atoms with E-state index in [-0.39, 0.29) is 11.8 Å². The molecule has 0 unspecified atom stereocenters. The smallest absolute Gasteiger partial charge is 0.243 e. The standard InChI is InChI=1S/C33H42N2O2/c1-24(2)29-18-15-26(16-19-29)17-20-31(36)35(23-28-14-10-11-25(3)21-28)30(32(37)34-33(4,5)6)22-27-12-8-7-9-13-27/h7-16,18-19,21,24,30H,17,20,22-23H2,1-6H3,(H,34,37)/t30-/m0/s1. The van der Waals surface area contributed by atoms with Crippen LogP contribution in [0.25, 0.3) is 0 Å². The van der Waals surface area contributed by atoms with Gasteiger partial charge in [0.25, 0.3) is 0 Å². The Kier molecular flexibility index (Phi) is 9.68. The number of carbonyl (C=O) groups is 2. The largest absolute Gasteiger partial charge is 0.350 e. The van der Waals surface area contributed by atoms with E-state index in [4.69, 9.17) is 0 Å². The van der Waals surface area contributed by atoms with Gasteiger partial charge in [-0.2, -0.15) is 0 Å². The number of hydrogen-bond donors (Lipinski definition) is 1. The third-order valence-corrected chi connectivity index (χ3v) is 6.48. The predicted octanol–water partition coefficient (Wildman–Crippen LogP) is 6.61. The van der Waals surface area contributed by atoms with Gasteiger partial charge in [0.15, 0.2) is 0 Å². The molecule has 0 saturated carbocycles. The molecule has 196 valence electrons. The molecule has 0 saturated heterocycles. The van der Waals surface area contributed by atoms with Gasteiger partial charge in [0.05, 0.1) is 0 Å². The summed E-state index contributed by atoms with van der Waals surface area (Å²) in [5, 5.41) is 3.13. The summed E-state index contributed by atoms with van der Waals surface area (Å²) < 4.78 is 0. The minimum atomic E-state index is -0.613. The molecule has 4 nitrogen and oxygen atoms in total. The van der Waals surface area contributed by atoms with Gasteiger partial charge in [0.2, 0.25) is 11.8 Å². The van der Waals surface area contributed by atoms with Crippen molar-refractivity contribution in [3.8, 4) is 0 Å². The number of rotatable bonds is 10. The van der Waals surface area contributed by atoms with Gasteiger partial charge in [0.1, 0.15) is 6.04 Å². The van der Waals surface area contributed by atoms with Crippen molar-refractivity contribution in [2.45, 2.75) is 84.8 Å². The van der Waals surface area contributed by atoms with Crippen LogP contribution in [0.2, 0.25) is 0 Å². The quantitative estimate of drug-likeness (QED) is 0.342. The van der Waals surface area contributed by atoms with Crippen molar-refractivity contribution in [1.82, 2.24) is 10.2 Å². The first-order valence-corrected chi connectivity index (χ1v) is 13.3. The Bertz CT molecular complexity index is 1160. The van der Waals surface area contributed by atoms with Crippen molar-refractivity contribution in [2.24, 2.45) is 0 Å². The van der Waals surface area contributed by atoms with Gasteiger partial charge in [-0.3, -0.25) is 9.59 Å². The number of hydrogen-bond acceptors (Lipinski definition) is 2. The average Bonchev–Trinajstić information content (AvgIpc) is 2.84. The van der Waals surface area contributed by atoms with Gasteiger partial charge in [0, 0.05) is 24.9 Å². The fraction of sp³-hybridized carbons (Fsp3) is 0.394. The molecule has 3 rings (SSSR count). The summed E-state index contributed by atoms with van der Waals surface area (Å²) >= 11 is 0. The van der Waals surface area contributed by atoms with E-state index < -0.39 is 11.6 Å². The zero-order chi connectivity index (χ0) is 27.0. The molecular weight excluding hydrogens is 456 g/mol. The molecule has 0 radical (unpaired) electrons. The van der Waals surface area contributed by atoms with Crippen LogP contribution in [0, 0.1) is 6.92 Å². The van der Waals surface area contributed by atoms with E-state index in [0.29, 0.717) is 31.7 Å². The molecule has 4 heteroatoms. The molecule has 3 aromatic rings. The van der Waals surface area contributed by atoms with Crippen LogP contribution in [0.1, 0.15) is 74.8 Å². The summed E-state index contributed by atoms with van der Waals surface area (Å²) in [6.07, 6.45) is 1.45. The molecule has 0 aromatic heterocycles. The lowest BCUT2D eigenvalue weighted by molar-refractivity contribution is -0.141. The number of carbonyl (C=O) groups excluding carboxylic acids is 2. The van der Waals surface area contributed by atoms with Gasteiger partial charge < -0.3 is 10.2 Å². The van der Waals surface area contributed by atoms with Crippen LogP contribution in [0.15, 0.2) is 78.9 Å². The SMILES string of the molecule is Cc1cccc(CN(C(=O)CCc2ccc(C(C)C)cc2)[C@@H](Cc2ccccc2)C(=O)NC(C)(C)C)c1. The van der Waals surface area contributed by atoms with Crippen molar-refractivity contribution in [2.75, 3.05) is 0 Å². The van der Waals surface area contributed by atoms with Crippen LogP contribution in [0.4, 0.5) is 0 Å². The maximum atomic E-state index is 13.8. The molecule has 0 aliphatic carbocycles. The molecular formula is C33H42N2O2. The summed E-state index contributed by atoms with van der Waals surface area (Å²) in [6, 6.07) is 26.0. The van der Waals surface area contributed by atoms with Crippen LogP contribution in [0.5, 0.6) is 0 Å². The van der Waals surface area contributed by atoms with Crippen molar-refractivity contribution < 1.29 is 9.59 Å². The Balaban J connectivity index is 1.90. The average molecular weight is 499 g/mol. The Labute approximate surface area is 223 Å². The van der Waals surface area contributed by atoms with Crippen molar-refractivity contribution in [1.29, 1.82) is 0 Å². The molecule has 1 N–H and O–H groups in total. The lowest BCUT2D eigenvalue weighted by Gasteiger charge is -2.34. The van der Waals surface area contributed by atoms with Crippen LogP contribution in [0.3, 0.4) is 0 Å². The highest BCUT2D eigenvalue weighted by Gasteiger charge is 2.32. The molecule has 0 spiro atoms. The van der Waals surface area contributed by atoms with E-state index in [1.807, 2.05) is 76.2 Å². The van der Waals surface area contributed by atoms with Crippen molar-refractivity contribution in [3.63, 3.8) is 0 Å². The number of amides is 2. The van der Waals surface area contributed by atoms with E-state index in [0.717, 1.165) is 22.3 Å². The molecule has 0 aliphatic rings. The van der Waals surface area contributed by atoms with E-state index >= 15 is 0 Å². The van der Waals surface area contributed by atoms with E-state index in [9.17, 15) is 9.59 Å². The molecule has 0 bridgehead atoms. The van der Waals surface area contributed by atoms with E-state index in [1.54, 1.807) is 4.90 Å². The molecule has 0 aliphatic heterocycles. The van der Waals surface area contributed by atoms with E-state index in [1.165, 1.54) is 5.56 Å². The highest BCUT2D eigenvalue weighted by Crippen LogP contribution is 2.20. The first-order valence-electron chi connectivity index (χ1n) is 13.3. The second-order valence-corrected chi connectivity index (χ2v) is 11.4. The zero-order valence-corrected chi connectivity index (χ0v) is 23.3. The van der Waals surface area contributed by atoms with Crippen molar-refractivity contribution >= 4 is 11.8 Å². The summed E-state index contributed by atoms with van der Waals surface area (Å²) in [4.78, 5) is 29.2. The first-order chi connectivity index (χ1) is 17.5. The summed E-state index contributed by atoms with van der Waals surface area (Å²) in [5.74, 6) is 0.332.